The number of carbonyl (C=O) groups excluding carboxylic acids is 1. The van der Waals surface area contributed by atoms with E-state index in [1.165, 1.54) is 0 Å². The minimum Gasteiger partial charge on any atom is -0.372 e. The number of carbonyl (C=O) groups is 1. The lowest BCUT2D eigenvalue weighted by molar-refractivity contribution is -0.0586. The van der Waals surface area contributed by atoms with E-state index in [4.69, 9.17) is 4.74 Å². The zero-order chi connectivity index (χ0) is 19.1. The van der Waals surface area contributed by atoms with Crippen LogP contribution < -0.4 is 10.6 Å². The quantitative estimate of drug-likeness (QED) is 0.380. The fourth-order valence-corrected chi connectivity index (χ4v) is 3.01. The normalized spacial score (nSPS) is 21.2. The molecule has 7 heteroatoms. The average molecular weight is 488 g/mol. The highest BCUT2D eigenvalue weighted by molar-refractivity contribution is 14.0. The first-order valence-electron chi connectivity index (χ1n) is 9.43. The number of guanidine groups is 1. The van der Waals surface area contributed by atoms with Crippen molar-refractivity contribution in [3.05, 3.63) is 35.4 Å². The maximum absolute atomic E-state index is 12.7. The molecule has 1 aromatic carbocycles. The molecule has 0 bridgehead atoms. The van der Waals surface area contributed by atoms with E-state index < -0.39 is 0 Å². The largest absolute Gasteiger partial charge is 0.372 e. The van der Waals surface area contributed by atoms with Gasteiger partial charge in [-0.1, -0.05) is 19.1 Å². The van der Waals surface area contributed by atoms with Crippen molar-refractivity contribution in [3.8, 4) is 0 Å². The highest BCUT2D eigenvalue weighted by atomic mass is 127. The summed E-state index contributed by atoms with van der Waals surface area (Å²) >= 11 is 0. The smallest absolute Gasteiger partial charge is 0.254 e. The van der Waals surface area contributed by atoms with Crippen LogP contribution in [-0.2, 0) is 11.3 Å². The summed E-state index contributed by atoms with van der Waals surface area (Å²) in [5.41, 5.74) is 1.83. The van der Waals surface area contributed by atoms with Crippen LogP contribution in [0.15, 0.2) is 29.3 Å². The number of aliphatic imine (C=N–C) groups is 1. The Bertz CT molecular complexity index is 611. The molecule has 1 aromatic rings. The van der Waals surface area contributed by atoms with Crippen molar-refractivity contribution in [1.29, 1.82) is 0 Å². The van der Waals surface area contributed by atoms with Gasteiger partial charge in [0.25, 0.3) is 5.91 Å². The molecular formula is C20H33IN4O2. The van der Waals surface area contributed by atoms with Gasteiger partial charge in [0.15, 0.2) is 5.96 Å². The Morgan fingerprint density at radius 2 is 1.85 bits per heavy atom. The summed E-state index contributed by atoms with van der Waals surface area (Å²) < 4.78 is 5.70. The Hall–Kier alpha value is -1.35. The van der Waals surface area contributed by atoms with Crippen LogP contribution in [0.1, 0.15) is 50.0 Å². The van der Waals surface area contributed by atoms with Crippen LogP contribution in [0.3, 0.4) is 0 Å². The van der Waals surface area contributed by atoms with E-state index in [0.29, 0.717) is 25.7 Å². The number of hydrogen-bond donors (Lipinski definition) is 2. The third-order valence-corrected chi connectivity index (χ3v) is 4.59. The number of amides is 1. The van der Waals surface area contributed by atoms with Crippen LogP contribution >= 0.6 is 24.0 Å². The fraction of sp³-hybridized carbons (Fsp3) is 0.600. The molecule has 1 aliphatic heterocycles. The number of hydrogen-bond acceptors (Lipinski definition) is 3. The van der Waals surface area contributed by atoms with E-state index in [2.05, 4.69) is 29.5 Å². The van der Waals surface area contributed by atoms with Crippen LogP contribution in [0.2, 0.25) is 0 Å². The van der Waals surface area contributed by atoms with Crippen molar-refractivity contribution < 1.29 is 9.53 Å². The van der Waals surface area contributed by atoms with Gasteiger partial charge in [0.1, 0.15) is 0 Å². The SMILES string of the molecule is CCC(C)NC(=NC)NCc1ccc(C(=O)N2CC(C)OC(C)C2)cc1.I. The zero-order valence-electron chi connectivity index (χ0n) is 17.0. The summed E-state index contributed by atoms with van der Waals surface area (Å²) in [5, 5.41) is 6.64. The predicted octanol–water partition coefficient (Wildman–Crippen LogP) is 3.02. The van der Waals surface area contributed by atoms with E-state index in [1.807, 2.05) is 43.0 Å². The molecule has 1 aliphatic rings. The van der Waals surface area contributed by atoms with Crippen LogP contribution in [0.4, 0.5) is 0 Å². The van der Waals surface area contributed by atoms with Gasteiger partial charge < -0.3 is 20.3 Å². The molecule has 1 fully saturated rings. The molecule has 0 spiro atoms. The summed E-state index contributed by atoms with van der Waals surface area (Å²) in [7, 11) is 1.77. The lowest BCUT2D eigenvalue weighted by Crippen LogP contribution is -2.48. The summed E-state index contributed by atoms with van der Waals surface area (Å²) in [6.07, 6.45) is 1.20. The van der Waals surface area contributed by atoms with Gasteiger partial charge in [-0.15, -0.1) is 24.0 Å². The number of morpholine rings is 1. The number of nitrogens with zero attached hydrogens (tertiary/aromatic N) is 2. The van der Waals surface area contributed by atoms with Gasteiger partial charge in [-0.3, -0.25) is 9.79 Å². The van der Waals surface area contributed by atoms with Crippen molar-refractivity contribution in [2.45, 2.75) is 58.9 Å². The first-order chi connectivity index (χ1) is 12.4. The summed E-state index contributed by atoms with van der Waals surface area (Å²) in [4.78, 5) is 18.8. The zero-order valence-corrected chi connectivity index (χ0v) is 19.3. The molecule has 27 heavy (non-hydrogen) atoms. The molecule has 6 nitrogen and oxygen atoms in total. The van der Waals surface area contributed by atoms with Crippen LogP contribution in [0.5, 0.6) is 0 Å². The molecule has 1 saturated heterocycles. The Labute approximate surface area is 180 Å². The molecule has 3 unspecified atom stereocenters. The number of halogens is 1. The lowest BCUT2D eigenvalue weighted by Gasteiger charge is -2.35. The maximum atomic E-state index is 12.7. The Morgan fingerprint density at radius 3 is 2.37 bits per heavy atom. The van der Waals surface area contributed by atoms with Gasteiger partial charge in [-0.25, -0.2) is 0 Å². The number of ether oxygens (including phenoxy) is 1. The van der Waals surface area contributed by atoms with E-state index in [0.717, 1.165) is 23.5 Å². The monoisotopic (exact) mass is 488 g/mol. The molecule has 3 atom stereocenters. The summed E-state index contributed by atoms with van der Waals surface area (Å²) in [6.45, 7) is 10.2. The number of rotatable bonds is 5. The molecule has 0 saturated carbocycles. The highest BCUT2D eigenvalue weighted by Crippen LogP contribution is 2.15. The second-order valence-corrected chi connectivity index (χ2v) is 7.04. The third kappa shape index (κ3) is 7.29. The Balaban J connectivity index is 0.00000364. The van der Waals surface area contributed by atoms with Gasteiger partial charge >= 0.3 is 0 Å². The second kappa shape index (κ2) is 11.5. The third-order valence-electron chi connectivity index (χ3n) is 4.59. The minimum atomic E-state index is 0. The molecule has 2 N–H and O–H groups in total. The molecule has 2 rings (SSSR count). The predicted molar refractivity (Wildman–Crippen MR) is 121 cm³/mol. The molecule has 0 aliphatic carbocycles. The molecule has 0 radical (unpaired) electrons. The Kier molecular flexibility index (Phi) is 10.1. The van der Waals surface area contributed by atoms with E-state index in [-0.39, 0.29) is 42.1 Å². The van der Waals surface area contributed by atoms with E-state index >= 15 is 0 Å². The van der Waals surface area contributed by atoms with Gasteiger partial charge in [0.05, 0.1) is 12.2 Å². The van der Waals surface area contributed by atoms with Crippen LogP contribution in [0.25, 0.3) is 0 Å². The van der Waals surface area contributed by atoms with Gasteiger partial charge in [-0.2, -0.15) is 0 Å². The van der Waals surface area contributed by atoms with Crippen LogP contribution in [-0.4, -0.2) is 55.2 Å². The van der Waals surface area contributed by atoms with Crippen molar-refractivity contribution in [1.82, 2.24) is 15.5 Å². The average Bonchev–Trinajstić information content (AvgIpc) is 2.63. The molecule has 0 aromatic heterocycles. The van der Waals surface area contributed by atoms with E-state index in [1.54, 1.807) is 7.05 Å². The maximum Gasteiger partial charge on any atom is 0.254 e. The number of nitrogens with one attached hydrogen (secondary N) is 2. The van der Waals surface area contributed by atoms with Crippen molar-refractivity contribution in [2.75, 3.05) is 20.1 Å². The molecule has 1 heterocycles. The summed E-state index contributed by atoms with van der Waals surface area (Å²) in [6, 6.07) is 8.15. The molecule has 152 valence electrons. The lowest BCUT2D eigenvalue weighted by atomic mass is 10.1. The number of benzene rings is 1. The van der Waals surface area contributed by atoms with Crippen LogP contribution in [0, 0.1) is 0 Å². The van der Waals surface area contributed by atoms with Gasteiger partial charge in [0.2, 0.25) is 0 Å². The van der Waals surface area contributed by atoms with Gasteiger partial charge in [0, 0.05) is 38.3 Å². The van der Waals surface area contributed by atoms with Gasteiger partial charge in [-0.05, 0) is 44.9 Å². The first kappa shape index (κ1) is 23.7. The minimum absolute atomic E-state index is 0. The Morgan fingerprint density at radius 1 is 1.26 bits per heavy atom. The summed E-state index contributed by atoms with van der Waals surface area (Å²) in [5.74, 6) is 0.858. The van der Waals surface area contributed by atoms with E-state index in [9.17, 15) is 4.79 Å². The van der Waals surface area contributed by atoms with Crippen molar-refractivity contribution in [3.63, 3.8) is 0 Å². The topological polar surface area (TPSA) is 66.0 Å². The molecular weight excluding hydrogens is 455 g/mol. The fourth-order valence-electron chi connectivity index (χ4n) is 3.01. The molecule has 1 amide bonds. The second-order valence-electron chi connectivity index (χ2n) is 7.04. The highest BCUT2D eigenvalue weighted by Gasteiger charge is 2.26. The standard InChI is InChI=1S/C20H32N4O2.HI/c1-6-14(2)23-20(21-5)22-11-17-7-9-18(10-8-17)19(25)24-12-15(3)26-16(4)13-24;/h7-10,14-16H,6,11-13H2,1-5H3,(H2,21,22,23);1H. The van der Waals surface area contributed by atoms with Crippen molar-refractivity contribution in [2.24, 2.45) is 4.99 Å². The first-order valence-corrected chi connectivity index (χ1v) is 9.43. The van der Waals surface area contributed by atoms with Crippen molar-refractivity contribution >= 4 is 35.8 Å².